The fourth-order valence-corrected chi connectivity index (χ4v) is 12.9. The molecule has 1 unspecified atom stereocenters. The summed E-state index contributed by atoms with van der Waals surface area (Å²) in [5, 5.41) is 215. The van der Waals surface area contributed by atoms with Gasteiger partial charge in [0.15, 0.2) is 42.3 Å². The molecular weight excluding hydrogens is 1380 g/mol. The van der Waals surface area contributed by atoms with Gasteiger partial charge in [-0.05, 0) is 18.9 Å². The molecule has 588 valence electrons. The summed E-state index contributed by atoms with van der Waals surface area (Å²) in [6.07, 6.45) is -29.4. The lowest BCUT2D eigenvalue weighted by Gasteiger charge is -2.52. The molecule has 21 N–H and O–H groups in total. The number of hydrogen-bond acceptors (Lipinski definition) is 33. The van der Waals surface area contributed by atoms with E-state index < -0.39 is 253 Å². The van der Waals surface area contributed by atoms with Crippen LogP contribution in [0.15, 0.2) is 47.6 Å². The Morgan fingerprint density at radius 1 is 0.631 bits per heavy atom. The molecule has 6 rings (SSSR count). The number of carbonyl (C=O) groups excluding carboxylic acids is 3. The number of aliphatic carboxylic acids is 1. The number of carboxylic acid groups (broad SMARTS) is 1. The largest absolute Gasteiger partial charge is 0.480 e. The monoisotopic (exact) mass is 1480 g/mol. The highest BCUT2D eigenvalue weighted by Crippen LogP contribution is 2.41. The maximum absolute atomic E-state index is 13.8. The molecule has 5 fully saturated rings. The number of ether oxygens (including phenoxy) is 11. The van der Waals surface area contributed by atoms with Crippen LogP contribution in [0, 0.1) is 5.39 Å². The number of allylic oxidation sites excluding steroid dienone is 4. The number of nitrogens with zero attached hydrogens (tertiary/aromatic N) is 2. The molecule has 5 heterocycles. The van der Waals surface area contributed by atoms with Crippen LogP contribution in [0.3, 0.4) is 0 Å². The standard InChI is InChI=1S/C65H105N5O33/c1-4-5-6-7-8-9-10-11-12-13-14-15-16-17-18-22-36(78)35(69-43(81)30-93-59(90)33-20-19-21-34(33)70-66)29-94-61-52(88)50(86)54(41(27-74)97-61)99-63-53(89)58(103-65(64(91)92)23-37(79)44(67-31(2)76)57(102-65)46(82)38(80)24-71)55(42(28-75)98-63)100-60-45(68-32(3)77)56(48(84)40(26-73)95-60)101-62-51(87)49(85)47(83)39(25-72)96-62/h18-22,35-42,44-58,60-63,71-75,78-80,82-89H,4-17,23-30H2,1-3H3,(H4-,67,68,69,76,77,81,90,91,92)/p+1/b22-18+,59-33-/t35?,36-,37+,38-,39-,40-,41-,42-,44-,45-,46-,47+,48+,49+,50-,51-,52-,53-,54-,55+,56-,57-,58-,60+,61-,62+,63+,65+/m1/s1. The van der Waals surface area contributed by atoms with Crippen molar-refractivity contribution in [3.8, 4) is 0 Å². The van der Waals surface area contributed by atoms with Gasteiger partial charge in [-0.2, -0.15) is 0 Å². The lowest BCUT2D eigenvalue weighted by molar-refractivity contribution is -0.403. The summed E-state index contributed by atoms with van der Waals surface area (Å²) in [5.41, 5.74) is -0.138. The number of carboxylic acids is 1. The maximum Gasteiger partial charge on any atom is 0.399 e. The van der Waals surface area contributed by atoms with Crippen LogP contribution >= 0.6 is 0 Å². The highest BCUT2D eigenvalue weighted by molar-refractivity contribution is 5.78. The van der Waals surface area contributed by atoms with Crippen molar-refractivity contribution in [3.63, 3.8) is 0 Å². The zero-order valence-corrected chi connectivity index (χ0v) is 57.6. The second-order valence-corrected chi connectivity index (χ2v) is 26.3. The summed E-state index contributed by atoms with van der Waals surface area (Å²) in [6.45, 7) is -3.20. The van der Waals surface area contributed by atoms with Crippen molar-refractivity contribution in [2.75, 3.05) is 46.2 Å². The fourth-order valence-electron chi connectivity index (χ4n) is 12.9. The molecule has 0 aromatic rings. The van der Waals surface area contributed by atoms with Gasteiger partial charge in [-0.15, -0.1) is 0 Å². The first kappa shape index (κ1) is 86.7. The Labute approximate surface area is 593 Å². The van der Waals surface area contributed by atoms with Gasteiger partial charge in [0, 0.05) is 26.3 Å². The predicted octanol–water partition coefficient (Wildman–Crippen LogP) is -5.43. The molecular formula is C65H106N5O33+. The predicted molar refractivity (Wildman–Crippen MR) is 346 cm³/mol. The summed E-state index contributed by atoms with van der Waals surface area (Å²) in [4.78, 5) is 55.7. The molecule has 0 spiro atoms. The number of diazo groups is 1. The quantitative estimate of drug-likeness (QED) is 0.0118. The third-order valence-electron chi connectivity index (χ3n) is 18.6. The van der Waals surface area contributed by atoms with E-state index in [1.807, 2.05) is 0 Å². The molecule has 0 saturated carbocycles. The van der Waals surface area contributed by atoms with Crippen molar-refractivity contribution in [1.82, 2.24) is 16.0 Å². The molecule has 38 heteroatoms. The summed E-state index contributed by atoms with van der Waals surface area (Å²) in [5.74, 6) is -9.16. The SMILES string of the molecule is CCCCCCCCCCCCCCC/C=C/[C@@H](O)C(CO[C@@H]1O[C@H](CO)[C@@H](O[C@@H]2O[C@H](CO)[C@H](O[C@@H]3O[C@H](CO)[C@H](O)[C@H](O[C@@H]4O[C@H](CO)[C@H](O)[C@H](O)[C@H]4O)[C@H]3NC(C)=O)[C@H](O[C@]3(C(=O)O)C[C@H](O)[C@@H](NC(C)=O)[C@H]([C@H](O)[C@H](O)CO)O3)[C@H]2O)[C@H](O)[C@H]1O)NC(=O)CO/C(O)=C1/C=CC=C1[N+]#N. The van der Waals surface area contributed by atoms with E-state index in [1.54, 1.807) is 6.08 Å². The van der Waals surface area contributed by atoms with E-state index in [1.165, 1.54) is 75.7 Å². The van der Waals surface area contributed by atoms with E-state index in [4.69, 9.17) is 52.1 Å². The molecule has 6 aliphatic rings. The minimum Gasteiger partial charge on any atom is -0.480 e. The van der Waals surface area contributed by atoms with Crippen LogP contribution in [-0.4, -0.2) is 333 Å². The second-order valence-electron chi connectivity index (χ2n) is 26.3. The van der Waals surface area contributed by atoms with E-state index in [9.17, 15) is 116 Å². The van der Waals surface area contributed by atoms with Gasteiger partial charge in [0.1, 0.15) is 116 Å². The van der Waals surface area contributed by atoms with Crippen molar-refractivity contribution in [2.24, 2.45) is 0 Å². The zero-order chi connectivity index (χ0) is 75.8. The van der Waals surface area contributed by atoms with Crippen molar-refractivity contribution in [1.29, 1.82) is 5.39 Å². The molecule has 5 saturated heterocycles. The van der Waals surface area contributed by atoms with E-state index in [0.717, 1.165) is 46.0 Å². The van der Waals surface area contributed by atoms with E-state index in [2.05, 4.69) is 27.9 Å². The van der Waals surface area contributed by atoms with Crippen LogP contribution in [0.4, 0.5) is 0 Å². The minimum absolute atomic E-state index is 0.0604. The first-order valence-corrected chi connectivity index (χ1v) is 34.8. The minimum atomic E-state index is -3.42. The van der Waals surface area contributed by atoms with Crippen LogP contribution in [0.2, 0.25) is 0 Å². The third kappa shape index (κ3) is 23.4. The van der Waals surface area contributed by atoms with Gasteiger partial charge in [-0.1, -0.05) is 102 Å². The normalized spacial score (nSPS) is 36.4. The number of rotatable bonds is 41. The summed E-state index contributed by atoms with van der Waals surface area (Å²) >= 11 is 0. The Morgan fingerprint density at radius 2 is 1.16 bits per heavy atom. The van der Waals surface area contributed by atoms with Crippen molar-refractivity contribution in [3.05, 3.63) is 52.6 Å². The third-order valence-corrected chi connectivity index (χ3v) is 18.6. The van der Waals surface area contributed by atoms with Crippen molar-refractivity contribution >= 4 is 23.7 Å². The van der Waals surface area contributed by atoms with E-state index in [-0.39, 0.29) is 11.3 Å². The van der Waals surface area contributed by atoms with Gasteiger partial charge in [-0.25, -0.2) is 4.79 Å². The molecule has 0 aromatic carbocycles. The Hall–Kier alpha value is -5.18. The molecule has 28 atom stereocenters. The van der Waals surface area contributed by atoms with Gasteiger partial charge in [0.05, 0.1) is 63.9 Å². The van der Waals surface area contributed by atoms with Crippen LogP contribution < -0.4 is 16.0 Å². The van der Waals surface area contributed by atoms with Crippen LogP contribution in [0.25, 0.3) is 4.98 Å². The number of unbranched alkanes of at least 4 members (excludes halogenated alkanes) is 13. The van der Waals surface area contributed by atoms with Crippen LogP contribution in [-0.2, 0) is 71.3 Å². The number of hydrogen-bond donors (Lipinski definition) is 21. The lowest BCUT2D eigenvalue weighted by Crippen LogP contribution is -2.72. The Morgan fingerprint density at radius 3 is 1.74 bits per heavy atom. The molecule has 0 aromatic heterocycles. The first-order valence-electron chi connectivity index (χ1n) is 34.8. The van der Waals surface area contributed by atoms with Gasteiger partial charge in [0.25, 0.3) is 17.6 Å². The van der Waals surface area contributed by atoms with Gasteiger partial charge >= 0.3 is 11.7 Å². The smallest absolute Gasteiger partial charge is 0.399 e. The zero-order valence-electron chi connectivity index (χ0n) is 57.6. The number of aliphatic hydroxyl groups is 17. The highest BCUT2D eigenvalue weighted by Gasteiger charge is 2.62. The van der Waals surface area contributed by atoms with E-state index >= 15 is 0 Å². The number of nitrogens with one attached hydrogen (secondary N) is 3. The molecule has 1 aliphatic carbocycles. The number of carbonyl (C=O) groups is 4. The summed E-state index contributed by atoms with van der Waals surface area (Å²) < 4.78 is 64.7. The topological polar surface area (TPSA) is 598 Å². The highest BCUT2D eigenvalue weighted by atomic mass is 16.8. The fraction of sp³-hybridized carbons (Fsp3) is 0.815. The van der Waals surface area contributed by atoms with Gasteiger partial charge in [-0.3, -0.25) is 14.4 Å². The molecule has 103 heavy (non-hydrogen) atoms. The molecule has 0 bridgehead atoms. The average molecular weight is 1490 g/mol. The van der Waals surface area contributed by atoms with Gasteiger partial charge in [0.2, 0.25) is 17.2 Å². The Kier molecular flexibility index (Phi) is 35.7. The average Bonchev–Trinajstić information content (AvgIpc) is 1.29. The van der Waals surface area contributed by atoms with Crippen LogP contribution in [0.1, 0.15) is 117 Å². The summed E-state index contributed by atoms with van der Waals surface area (Å²) in [7, 11) is 0. The van der Waals surface area contributed by atoms with Crippen molar-refractivity contribution in [2.45, 2.75) is 288 Å². The second kappa shape index (κ2) is 42.4. The lowest BCUT2D eigenvalue weighted by atomic mass is 9.88. The number of amides is 3. The molecule has 38 nitrogen and oxygen atoms in total. The van der Waals surface area contributed by atoms with Crippen LogP contribution in [0.5, 0.6) is 0 Å². The molecule has 3 amide bonds. The summed E-state index contributed by atoms with van der Waals surface area (Å²) in [6, 6.07) is -5.13. The molecule has 0 radical (unpaired) electrons. The van der Waals surface area contributed by atoms with Gasteiger partial charge < -0.3 is 160 Å². The van der Waals surface area contributed by atoms with E-state index in [0.29, 0.717) is 6.42 Å². The number of aliphatic hydroxyl groups excluding tert-OH is 17. The maximum atomic E-state index is 13.8. The Bertz CT molecular complexity index is 2800. The Balaban J connectivity index is 1.27. The first-order chi connectivity index (χ1) is 49.1. The molecule has 5 aliphatic heterocycles. The van der Waals surface area contributed by atoms with Crippen molar-refractivity contribution < 1.29 is 163 Å².